The van der Waals surface area contributed by atoms with Gasteiger partial charge in [0.1, 0.15) is 0 Å². The number of nitrogens with one attached hydrogen (secondary N) is 1. The minimum absolute atomic E-state index is 0.192. The Kier molecular flexibility index (Phi) is 2.44. The van der Waals surface area contributed by atoms with Crippen molar-refractivity contribution in [3.63, 3.8) is 0 Å². The molecule has 82 valence electrons. The van der Waals surface area contributed by atoms with Crippen molar-refractivity contribution in [3.05, 3.63) is 23.8 Å². The second-order valence-electron chi connectivity index (χ2n) is 3.95. The number of hydrogen-bond donors (Lipinski definition) is 2. The monoisotopic (exact) mass is 226 g/mol. The van der Waals surface area contributed by atoms with E-state index in [-0.39, 0.29) is 4.90 Å². The van der Waals surface area contributed by atoms with E-state index in [4.69, 9.17) is 5.14 Å². The minimum atomic E-state index is -3.58. The smallest absolute Gasteiger partial charge is 0.238 e. The molecule has 0 radical (unpaired) electrons. The van der Waals surface area contributed by atoms with Crippen LogP contribution in [0.3, 0.4) is 0 Å². The molecule has 5 heteroatoms. The van der Waals surface area contributed by atoms with Crippen molar-refractivity contribution >= 4 is 15.7 Å². The summed E-state index contributed by atoms with van der Waals surface area (Å²) in [6.07, 6.45) is 1.91. The third kappa shape index (κ3) is 2.13. The highest BCUT2D eigenvalue weighted by molar-refractivity contribution is 7.89. The molecule has 0 amide bonds. The summed E-state index contributed by atoms with van der Waals surface area (Å²) < 4.78 is 22.3. The van der Waals surface area contributed by atoms with Gasteiger partial charge in [-0.1, -0.05) is 0 Å². The molecule has 1 aliphatic heterocycles. The molecule has 1 aromatic rings. The molecule has 0 saturated heterocycles. The molecule has 4 nitrogen and oxygen atoms in total. The Balaban J connectivity index is 2.44. The predicted octanol–water partition coefficient (Wildman–Crippen LogP) is 1.08. The fraction of sp³-hybridized carbons (Fsp3) is 0.400. The van der Waals surface area contributed by atoms with Crippen LogP contribution in [-0.2, 0) is 16.4 Å². The highest BCUT2D eigenvalue weighted by Crippen LogP contribution is 2.26. The quantitative estimate of drug-likeness (QED) is 0.752. The van der Waals surface area contributed by atoms with Gasteiger partial charge >= 0.3 is 0 Å². The first kappa shape index (κ1) is 10.4. The number of aryl methyl sites for hydroxylation is 1. The Morgan fingerprint density at radius 1 is 1.47 bits per heavy atom. The van der Waals surface area contributed by atoms with Crippen LogP contribution >= 0.6 is 0 Å². The first-order valence-corrected chi connectivity index (χ1v) is 6.44. The Bertz CT molecular complexity index is 482. The van der Waals surface area contributed by atoms with Crippen LogP contribution in [0.4, 0.5) is 5.69 Å². The topological polar surface area (TPSA) is 72.2 Å². The number of fused-ring (bicyclic) bond motifs is 1. The summed E-state index contributed by atoms with van der Waals surface area (Å²) in [4.78, 5) is 0.192. The van der Waals surface area contributed by atoms with E-state index in [9.17, 15) is 8.42 Å². The SMILES string of the molecule is CC1CCc2cc(S(N)(=O)=O)ccc2N1. The number of nitrogens with two attached hydrogens (primary N) is 1. The number of rotatable bonds is 1. The molecule has 0 aliphatic carbocycles. The summed E-state index contributed by atoms with van der Waals surface area (Å²) in [5.74, 6) is 0. The van der Waals surface area contributed by atoms with Crippen LogP contribution in [0.5, 0.6) is 0 Å². The van der Waals surface area contributed by atoms with E-state index in [1.807, 2.05) is 0 Å². The van der Waals surface area contributed by atoms with Gasteiger partial charge in [-0.3, -0.25) is 0 Å². The molecular weight excluding hydrogens is 212 g/mol. The summed E-state index contributed by atoms with van der Waals surface area (Å²) in [6.45, 7) is 2.11. The number of primary sulfonamides is 1. The summed E-state index contributed by atoms with van der Waals surface area (Å²) in [7, 11) is -3.58. The lowest BCUT2D eigenvalue weighted by Crippen LogP contribution is -2.22. The maximum Gasteiger partial charge on any atom is 0.238 e. The Labute approximate surface area is 89.5 Å². The molecule has 0 bridgehead atoms. The van der Waals surface area contributed by atoms with Gasteiger partial charge in [-0.25, -0.2) is 13.6 Å². The lowest BCUT2D eigenvalue weighted by atomic mass is 9.99. The molecule has 3 N–H and O–H groups in total. The number of sulfonamides is 1. The third-order valence-electron chi connectivity index (χ3n) is 2.65. The average Bonchev–Trinajstić information content (AvgIpc) is 2.15. The average molecular weight is 226 g/mol. The molecule has 2 rings (SSSR count). The van der Waals surface area contributed by atoms with Crippen LogP contribution in [0, 0.1) is 0 Å². The highest BCUT2D eigenvalue weighted by Gasteiger charge is 2.16. The second-order valence-corrected chi connectivity index (χ2v) is 5.51. The lowest BCUT2D eigenvalue weighted by molar-refractivity contribution is 0.597. The zero-order valence-corrected chi connectivity index (χ0v) is 9.34. The molecule has 15 heavy (non-hydrogen) atoms. The van der Waals surface area contributed by atoms with Crippen LogP contribution in [0.25, 0.3) is 0 Å². The Morgan fingerprint density at radius 2 is 2.20 bits per heavy atom. The van der Waals surface area contributed by atoms with Gasteiger partial charge in [-0.15, -0.1) is 0 Å². The molecule has 1 aliphatic rings. The Morgan fingerprint density at radius 3 is 2.87 bits per heavy atom. The van der Waals surface area contributed by atoms with Gasteiger partial charge in [0.05, 0.1) is 4.90 Å². The van der Waals surface area contributed by atoms with E-state index in [0.717, 1.165) is 24.1 Å². The van der Waals surface area contributed by atoms with Crippen molar-refractivity contribution in [3.8, 4) is 0 Å². The van der Waals surface area contributed by atoms with E-state index < -0.39 is 10.0 Å². The van der Waals surface area contributed by atoms with E-state index >= 15 is 0 Å². The third-order valence-corrected chi connectivity index (χ3v) is 3.56. The Hall–Kier alpha value is -1.07. The molecule has 0 fully saturated rings. The zero-order valence-electron chi connectivity index (χ0n) is 8.53. The number of anilines is 1. The van der Waals surface area contributed by atoms with Crippen LogP contribution in [0.15, 0.2) is 23.1 Å². The summed E-state index contributed by atoms with van der Waals surface area (Å²) >= 11 is 0. The van der Waals surface area contributed by atoms with Gasteiger partial charge in [0.25, 0.3) is 0 Å². The predicted molar refractivity (Wildman–Crippen MR) is 59.2 cm³/mol. The fourth-order valence-corrected chi connectivity index (χ4v) is 2.37. The van der Waals surface area contributed by atoms with Crippen molar-refractivity contribution in [2.45, 2.75) is 30.7 Å². The van der Waals surface area contributed by atoms with E-state index in [1.165, 1.54) is 0 Å². The standard InChI is InChI=1S/C10H14N2O2S/c1-7-2-3-8-6-9(15(11,13)14)4-5-10(8)12-7/h4-7,12H,2-3H2,1H3,(H2,11,13,14). The van der Waals surface area contributed by atoms with Gasteiger partial charge < -0.3 is 5.32 Å². The van der Waals surface area contributed by atoms with Crippen molar-refractivity contribution in [1.29, 1.82) is 0 Å². The summed E-state index contributed by atoms with van der Waals surface area (Å²) in [6, 6.07) is 5.42. The van der Waals surface area contributed by atoms with Gasteiger partial charge in [-0.05, 0) is 43.5 Å². The molecule has 1 heterocycles. The van der Waals surface area contributed by atoms with Crippen molar-refractivity contribution in [1.82, 2.24) is 0 Å². The molecular formula is C10H14N2O2S. The van der Waals surface area contributed by atoms with Gasteiger partial charge in [0, 0.05) is 11.7 Å². The molecule has 0 saturated carbocycles. The van der Waals surface area contributed by atoms with Crippen molar-refractivity contribution in [2.75, 3.05) is 5.32 Å². The molecule has 1 aromatic carbocycles. The van der Waals surface area contributed by atoms with Crippen molar-refractivity contribution in [2.24, 2.45) is 5.14 Å². The van der Waals surface area contributed by atoms with Crippen molar-refractivity contribution < 1.29 is 8.42 Å². The minimum Gasteiger partial charge on any atom is -0.382 e. The van der Waals surface area contributed by atoms with Crippen LogP contribution in [0.2, 0.25) is 0 Å². The van der Waals surface area contributed by atoms with E-state index in [0.29, 0.717) is 6.04 Å². The molecule has 0 spiro atoms. The normalized spacial score (nSPS) is 20.5. The van der Waals surface area contributed by atoms with E-state index in [1.54, 1.807) is 18.2 Å². The van der Waals surface area contributed by atoms with E-state index in [2.05, 4.69) is 12.2 Å². The maximum atomic E-state index is 11.1. The van der Waals surface area contributed by atoms with Gasteiger partial charge in [0.2, 0.25) is 10.0 Å². The first-order chi connectivity index (χ1) is 6.97. The largest absolute Gasteiger partial charge is 0.382 e. The van der Waals surface area contributed by atoms with Gasteiger partial charge in [0.15, 0.2) is 0 Å². The molecule has 1 atom stereocenters. The van der Waals surface area contributed by atoms with Gasteiger partial charge in [-0.2, -0.15) is 0 Å². The fourth-order valence-electron chi connectivity index (χ4n) is 1.80. The first-order valence-electron chi connectivity index (χ1n) is 4.89. The van der Waals surface area contributed by atoms with Crippen LogP contribution in [-0.4, -0.2) is 14.5 Å². The lowest BCUT2D eigenvalue weighted by Gasteiger charge is -2.24. The summed E-state index contributed by atoms with van der Waals surface area (Å²) in [5, 5.41) is 8.37. The van der Waals surface area contributed by atoms with Crippen LogP contribution in [0.1, 0.15) is 18.9 Å². The second kappa shape index (κ2) is 3.50. The number of benzene rings is 1. The summed E-state index contributed by atoms with van der Waals surface area (Å²) in [5.41, 5.74) is 2.04. The van der Waals surface area contributed by atoms with Crippen LogP contribution < -0.4 is 10.5 Å². The zero-order chi connectivity index (χ0) is 11.1. The molecule has 1 unspecified atom stereocenters. The maximum absolute atomic E-state index is 11.1. The number of hydrogen-bond acceptors (Lipinski definition) is 3. The molecule has 0 aromatic heterocycles. The highest BCUT2D eigenvalue weighted by atomic mass is 32.2.